The van der Waals surface area contributed by atoms with Gasteiger partial charge in [-0.25, -0.2) is 4.79 Å². The van der Waals surface area contributed by atoms with E-state index >= 15 is 0 Å². The number of aryl methyl sites for hydroxylation is 1. The van der Waals surface area contributed by atoms with Gasteiger partial charge in [-0.3, -0.25) is 13.9 Å². The van der Waals surface area contributed by atoms with Crippen molar-refractivity contribution < 1.29 is 14.3 Å². The smallest absolute Gasteiger partial charge is 0.329 e. The van der Waals surface area contributed by atoms with Gasteiger partial charge in [-0.05, 0) is 36.8 Å². The highest BCUT2D eigenvalue weighted by atomic mass is 16.7. The lowest BCUT2D eigenvalue weighted by atomic mass is 10.2. The molecular weight excluding hydrogens is 346 g/mol. The number of carbonyl (C=O) groups excluding carboxylic acids is 1. The van der Waals surface area contributed by atoms with E-state index in [1.54, 1.807) is 16.5 Å². The van der Waals surface area contributed by atoms with Crippen LogP contribution in [0.5, 0.6) is 11.5 Å². The van der Waals surface area contributed by atoms with E-state index in [1.165, 1.54) is 4.57 Å². The molecule has 0 unspecified atom stereocenters. The third-order valence-corrected chi connectivity index (χ3v) is 4.82. The molecule has 0 atom stereocenters. The van der Waals surface area contributed by atoms with E-state index in [0.29, 0.717) is 24.6 Å². The van der Waals surface area contributed by atoms with Crippen molar-refractivity contribution in [1.29, 1.82) is 0 Å². The molecule has 7 nitrogen and oxygen atoms in total. The summed E-state index contributed by atoms with van der Waals surface area (Å²) in [5.41, 5.74) is 2.40. The Labute approximate surface area is 156 Å². The van der Waals surface area contributed by atoms with Gasteiger partial charge in [-0.2, -0.15) is 0 Å². The highest BCUT2D eigenvalue weighted by molar-refractivity contribution is 5.81. The highest BCUT2D eigenvalue weighted by Gasteiger charge is 2.18. The first-order valence-electron chi connectivity index (χ1n) is 8.89. The average molecular weight is 367 g/mol. The molecule has 0 bridgehead atoms. The SMILES string of the molecule is CCn1c(=O)n(CC(=O)N(C)Cc2ccc3c(c2)OCO3)c2ccccc21. The van der Waals surface area contributed by atoms with Gasteiger partial charge in [0.1, 0.15) is 6.54 Å². The van der Waals surface area contributed by atoms with Gasteiger partial charge in [0.15, 0.2) is 11.5 Å². The van der Waals surface area contributed by atoms with Crippen LogP contribution < -0.4 is 15.2 Å². The van der Waals surface area contributed by atoms with Crippen LogP contribution in [0.2, 0.25) is 0 Å². The molecule has 0 aliphatic carbocycles. The van der Waals surface area contributed by atoms with Gasteiger partial charge in [0, 0.05) is 20.1 Å². The molecule has 4 rings (SSSR count). The maximum absolute atomic E-state index is 12.7. The van der Waals surface area contributed by atoms with Crippen molar-refractivity contribution in [2.75, 3.05) is 13.8 Å². The molecule has 0 N–H and O–H groups in total. The molecule has 140 valence electrons. The zero-order chi connectivity index (χ0) is 19.0. The Hall–Kier alpha value is -3.22. The lowest BCUT2D eigenvalue weighted by Crippen LogP contribution is -2.34. The van der Waals surface area contributed by atoms with Crippen molar-refractivity contribution in [1.82, 2.24) is 14.0 Å². The number of aromatic nitrogens is 2. The summed E-state index contributed by atoms with van der Waals surface area (Å²) in [5.74, 6) is 1.27. The largest absolute Gasteiger partial charge is 0.454 e. The van der Waals surface area contributed by atoms with Crippen molar-refractivity contribution in [2.45, 2.75) is 26.6 Å². The molecule has 3 aromatic rings. The van der Waals surface area contributed by atoms with Crippen LogP contribution in [0.15, 0.2) is 47.3 Å². The number of hydrogen-bond donors (Lipinski definition) is 0. The molecule has 1 amide bonds. The maximum Gasteiger partial charge on any atom is 0.329 e. The Bertz CT molecular complexity index is 1070. The standard InChI is InChI=1S/C20H21N3O4/c1-3-22-15-6-4-5-7-16(15)23(20(22)25)12-19(24)21(2)11-14-8-9-17-18(10-14)27-13-26-17/h4-10H,3,11-13H2,1-2H3. The summed E-state index contributed by atoms with van der Waals surface area (Å²) < 4.78 is 13.9. The van der Waals surface area contributed by atoms with Gasteiger partial charge >= 0.3 is 5.69 Å². The Morgan fingerprint density at radius 3 is 2.52 bits per heavy atom. The molecule has 2 heterocycles. The van der Waals surface area contributed by atoms with E-state index in [-0.39, 0.29) is 24.9 Å². The topological polar surface area (TPSA) is 65.7 Å². The molecule has 0 saturated carbocycles. The van der Waals surface area contributed by atoms with E-state index in [0.717, 1.165) is 16.6 Å². The van der Waals surface area contributed by atoms with Gasteiger partial charge in [-0.1, -0.05) is 18.2 Å². The number of benzene rings is 2. The Kier molecular flexibility index (Phi) is 4.35. The fraction of sp³-hybridized carbons (Fsp3) is 0.300. The fourth-order valence-electron chi connectivity index (χ4n) is 3.39. The summed E-state index contributed by atoms with van der Waals surface area (Å²) in [5, 5.41) is 0. The van der Waals surface area contributed by atoms with Gasteiger partial charge in [0.25, 0.3) is 0 Å². The monoisotopic (exact) mass is 367 g/mol. The Balaban J connectivity index is 1.55. The molecule has 1 aromatic heterocycles. The number of rotatable bonds is 5. The normalized spacial score (nSPS) is 12.5. The number of hydrogen-bond acceptors (Lipinski definition) is 4. The van der Waals surface area contributed by atoms with Crippen LogP contribution in [0.25, 0.3) is 11.0 Å². The van der Waals surface area contributed by atoms with Crippen LogP contribution in [-0.4, -0.2) is 33.8 Å². The Morgan fingerprint density at radius 2 is 1.78 bits per heavy atom. The van der Waals surface area contributed by atoms with Crippen LogP contribution in [-0.2, 0) is 24.4 Å². The van der Waals surface area contributed by atoms with Crippen molar-refractivity contribution in [3.05, 3.63) is 58.5 Å². The van der Waals surface area contributed by atoms with Crippen molar-refractivity contribution in [3.63, 3.8) is 0 Å². The first-order chi connectivity index (χ1) is 13.1. The lowest BCUT2D eigenvalue weighted by Gasteiger charge is -2.18. The van der Waals surface area contributed by atoms with E-state index in [4.69, 9.17) is 9.47 Å². The molecule has 2 aromatic carbocycles. The maximum atomic E-state index is 12.7. The van der Waals surface area contributed by atoms with Crippen LogP contribution in [0.1, 0.15) is 12.5 Å². The van der Waals surface area contributed by atoms with Gasteiger partial charge < -0.3 is 14.4 Å². The van der Waals surface area contributed by atoms with Gasteiger partial charge in [0.2, 0.25) is 12.7 Å². The highest BCUT2D eigenvalue weighted by Crippen LogP contribution is 2.32. The molecule has 0 radical (unpaired) electrons. The van der Waals surface area contributed by atoms with Gasteiger partial charge in [-0.15, -0.1) is 0 Å². The minimum absolute atomic E-state index is 0.00734. The summed E-state index contributed by atoms with van der Waals surface area (Å²) in [6, 6.07) is 13.2. The second-order valence-electron chi connectivity index (χ2n) is 6.54. The average Bonchev–Trinajstić information content (AvgIpc) is 3.24. The Morgan fingerprint density at radius 1 is 1.07 bits per heavy atom. The number of imidazole rings is 1. The molecular formula is C20H21N3O4. The molecule has 27 heavy (non-hydrogen) atoms. The van der Waals surface area contributed by atoms with Crippen LogP contribution in [0.4, 0.5) is 0 Å². The molecule has 1 aliphatic rings. The summed E-state index contributed by atoms with van der Waals surface area (Å²) in [6.45, 7) is 3.14. The minimum atomic E-state index is -0.163. The molecule has 0 spiro atoms. The van der Waals surface area contributed by atoms with E-state index in [1.807, 2.05) is 49.4 Å². The lowest BCUT2D eigenvalue weighted by molar-refractivity contribution is -0.131. The zero-order valence-electron chi connectivity index (χ0n) is 15.3. The number of ether oxygens (including phenoxy) is 2. The summed E-state index contributed by atoms with van der Waals surface area (Å²) in [4.78, 5) is 27.0. The molecule has 1 aliphatic heterocycles. The molecule has 7 heteroatoms. The second kappa shape index (κ2) is 6.83. The van der Waals surface area contributed by atoms with Crippen molar-refractivity contribution in [3.8, 4) is 11.5 Å². The first-order valence-corrected chi connectivity index (χ1v) is 8.89. The minimum Gasteiger partial charge on any atom is -0.454 e. The first kappa shape index (κ1) is 17.2. The number of likely N-dealkylation sites (N-methyl/N-ethyl adjacent to an activating group) is 1. The number of nitrogens with zero attached hydrogens (tertiary/aromatic N) is 3. The van der Waals surface area contributed by atoms with E-state index in [9.17, 15) is 9.59 Å². The number of amides is 1. The zero-order valence-corrected chi connectivity index (χ0v) is 15.3. The summed E-state index contributed by atoms with van der Waals surface area (Å²) >= 11 is 0. The third kappa shape index (κ3) is 3.05. The van der Waals surface area contributed by atoms with Crippen LogP contribution in [0, 0.1) is 0 Å². The molecule has 0 saturated heterocycles. The van der Waals surface area contributed by atoms with E-state index < -0.39 is 0 Å². The van der Waals surface area contributed by atoms with Crippen molar-refractivity contribution >= 4 is 16.9 Å². The van der Waals surface area contributed by atoms with Crippen molar-refractivity contribution in [2.24, 2.45) is 0 Å². The fourth-order valence-corrected chi connectivity index (χ4v) is 3.39. The number of fused-ring (bicyclic) bond motifs is 2. The predicted octanol–water partition coefficient (Wildman–Crippen LogP) is 2.21. The van der Waals surface area contributed by atoms with Gasteiger partial charge in [0.05, 0.1) is 11.0 Å². The summed E-state index contributed by atoms with van der Waals surface area (Å²) in [7, 11) is 1.73. The number of para-hydroxylation sites is 2. The predicted molar refractivity (Wildman–Crippen MR) is 101 cm³/mol. The molecule has 0 fully saturated rings. The van der Waals surface area contributed by atoms with Crippen LogP contribution in [0.3, 0.4) is 0 Å². The van der Waals surface area contributed by atoms with Crippen LogP contribution >= 0.6 is 0 Å². The third-order valence-electron chi connectivity index (χ3n) is 4.82. The second-order valence-corrected chi connectivity index (χ2v) is 6.54. The number of carbonyl (C=O) groups is 1. The quantitative estimate of drug-likeness (QED) is 0.694. The van der Waals surface area contributed by atoms with E-state index in [2.05, 4.69) is 0 Å². The summed E-state index contributed by atoms with van der Waals surface area (Å²) in [6.07, 6.45) is 0.